The number of hydrogen-bond acceptors (Lipinski definition) is 4. The molecule has 1 fully saturated rings. The Balaban J connectivity index is 1.88. The average Bonchev–Trinajstić information content (AvgIpc) is 3.01. The van der Waals surface area contributed by atoms with Crippen LogP contribution in [-0.4, -0.2) is 42.0 Å². The molecule has 1 saturated heterocycles. The molecule has 1 aliphatic rings. The highest BCUT2D eigenvalue weighted by atomic mass is 16.5. The Morgan fingerprint density at radius 1 is 1.36 bits per heavy atom. The largest absolute Gasteiger partial charge is 0.457 e. The molecule has 0 aromatic heterocycles. The first-order valence-corrected chi connectivity index (χ1v) is 7.83. The maximum Gasteiger partial charge on any atom is 0.338 e. The molecule has 3 atom stereocenters. The molecule has 1 amide bonds. The summed E-state index contributed by atoms with van der Waals surface area (Å²) in [6, 6.07) is 8.41. The number of carbonyl (C=O) groups excluding carboxylic acids is 2. The first-order valence-electron chi connectivity index (χ1n) is 7.83. The van der Waals surface area contributed by atoms with Crippen molar-refractivity contribution >= 4 is 11.9 Å². The Bertz CT molecular complexity index is 518. The van der Waals surface area contributed by atoms with Gasteiger partial charge in [0.2, 0.25) is 5.91 Å². The van der Waals surface area contributed by atoms with Crippen LogP contribution in [0.5, 0.6) is 0 Å². The van der Waals surface area contributed by atoms with Crippen LogP contribution in [0.15, 0.2) is 30.3 Å². The monoisotopic (exact) mass is 304 g/mol. The summed E-state index contributed by atoms with van der Waals surface area (Å²) in [5, 5.41) is 0. The lowest BCUT2D eigenvalue weighted by atomic mass is 9.99. The SMILES string of the molecule is CC[C@H](C)[C@H](N)C(=O)N1CCC(OC(=O)c2ccccc2)C1. The third-order valence-corrected chi connectivity index (χ3v) is 4.28. The van der Waals surface area contributed by atoms with Crippen molar-refractivity contribution in [2.24, 2.45) is 11.7 Å². The number of esters is 1. The molecule has 1 heterocycles. The summed E-state index contributed by atoms with van der Waals surface area (Å²) in [6.07, 6.45) is 1.28. The molecule has 2 rings (SSSR count). The summed E-state index contributed by atoms with van der Waals surface area (Å²) in [6.45, 7) is 5.02. The van der Waals surface area contributed by atoms with Crippen LogP contribution in [0.3, 0.4) is 0 Å². The number of likely N-dealkylation sites (tertiary alicyclic amines) is 1. The summed E-state index contributed by atoms with van der Waals surface area (Å²) in [7, 11) is 0. The third kappa shape index (κ3) is 3.85. The molecular weight excluding hydrogens is 280 g/mol. The van der Waals surface area contributed by atoms with E-state index in [2.05, 4.69) is 0 Å². The zero-order valence-corrected chi connectivity index (χ0v) is 13.2. The fourth-order valence-corrected chi connectivity index (χ4v) is 2.53. The molecule has 120 valence electrons. The van der Waals surface area contributed by atoms with Crippen molar-refractivity contribution in [1.82, 2.24) is 4.90 Å². The van der Waals surface area contributed by atoms with E-state index in [1.807, 2.05) is 19.9 Å². The van der Waals surface area contributed by atoms with Crippen LogP contribution in [-0.2, 0) is 9.53 Å². The lowest BCUT2D eigenvalue weighted by Crippen LogP contribution is -2.46. The molecule has 0 radical (unpaired) electrons. The fourth-order valence-electron chi connectivity index (χ4n) is 2.53. The van der Waals surface area contributed by atoms with Crippen molar-refractivity contribution in [2.75, 3.05) is 13.1 Å². The summed E-state index contributed by atoms with van der Waals surface area (Å²) < 4.78 is 5.47. The van der Waals surface area contributed by atoms with Crippen LogP contribution in [0.25, 0.3) is 0 Å². The molecule has 2 N–H and O–H groups in total. The number of nitrogens with two attached hydrogens (primary N) is 1. The molecule has 0 bridgehead atoms. The number of benzene rings is 1. The van der Waals surface area contributed by atoms with Crippen LogP contribution >= 0.6 is 0 Å². The molecule has 1 aliphatic heterocycles. The molecule has 1 aromatic carbocycles. The fraction of sp³-hybridized carbons (Fsp3) is 0.529. The number of amides is 1. The summed E-state index contributed by atoms with van der Waals surface area (Å²) in [5.41, 5.74) is 6.52. The van der Waals surface area contributed by atoms with Crippen LogP contribution in [0, 0.1) is 5.92 Å². The minimum atomic E-state index is -0.478. The highest BCUT2D eigenvalue weighted by Crippen LogP contribution is 2.17. The predicted molar refractivity (Wildman–Crippen MR) is 84.3 cm³/mol. The quantitative estimate of drug-likeness (QED) is 0.842. The lowest BCUT2D eigenvalue weighted by Gasteiger charge is -2.24. The second-order valence-electron chi connectivity index (χ2n) is 5.88. The van der Waals surface area contributed by atoms with Gasteiger partial charge in [0.1, 0.15) is 6.10 Å². The highest BCUT2D eigenvalue weighted by molar-refractivity contribution is 5.89. The first kappa shape index (κ1) is 16.5. The van der Waals surface area contributed by atoms with Gasteiger partial charge in [0.05, 0.1) is 18.2 Å². The van der Waals surface area contributed by atoms with E-state index >= 15 is 0 Å². The Morgan fingerprint density at radius 2 is 2.05 bits per heavy atom. The number of ether oxygens (including phenoxy) is 1. The van der Waals surface area contributed by atoms with Crippen LogP contribution in [0.1, 0.15) is 37.0 Å². The van der Waals surface area contributed by atoms with Gasteiger partial charge >= 0.3 is 5.97 Å². The maximum atomic E-state index is 12.3. The standard InChI is InChI=1S/C17H24N2O3/c1-3-12(2)15(18)16(20)19-10-9-14(11-19)22-17(21)13-7-5-4-6-8-13/h4-8,12,14-15H,3,9-11,18H2,1-2H3/t12-,14?,15-/m0/s1. The van der Waals surface area contributed by atoms with Crippen molar-refractivity contribution in [1.29, 1.82) is 0 Å². The Morgan fingerprint density at radius 3 is 2.68 bits per heavy atom. The molecule has 5 nitrogen and oxygen atoms in total. The Hall–Kier alpha value is -1.88. The third-order valence-electron chi connectivity index (χ3n) is 4.28. The number of nitrogens with zero attached hydrogens (tertiary/aromatic N) is 1. The predicted octanol–water partition coefficient (Wildman–Crippen LogP) is 1.82. The molecule has 0 spiro atoms. The molecule has 5 heteroatoms. The van der Waals surface area contributed by atoms with Crippen molar-refractivity contribution in [3.05, 3.63) is 35.9 Å². The van der Waals surface area contributed by atoms with Gasteiger partial charge in [-0.25, -0.2) is 4.79 Å². The van der Waals surface area contributed by atoms with Gasteiger partial charge in [0.15, 0.2) is 0 Å². The summed E-state index contributed by atoms with van der Waals surface area (Å²) in [4.78, 5) is 26.0. The number of hydrogen-bond donors (Lipinski definition) is 1. The van der Waals surface area contributed by atoms with E-state index in [9.17, 15) is 9.59 Å². The number of rotatable bonds is 5. The van der Waals surface area contributed by atoms with Crippen molar-refractivity contribution in [2.45, 2.75) is 38.8 Å². The molecule has 0 saturated carbocycles. The molecule has 0 aliphatic carbocycles. The smallest absolute Gasteiger partial charge is 0.338 e. The minimum Gasteiger partial charge on any atom is -0.457 e. The van der Waals surface area contributed by atoms with E-state index in [-0.39, 0.29) is 23.9 Å². The van der Waals surface area contributed by atoms with Crippen molar-refractivity contribution < 1.29 is 14.3 Å². The van der Waals surface area contributed by atoms with Gasteiger partial charge in [-0.3, -0.25) is 4.79 Å². The van der Waals surface area contributed by atoms with Crippen molar-refractivity contribution in [3.63, 3.8) is 0 Å². The molecule has 22 heavy (non-hydrogen) atoms. The maximum absolute atomic E-state index is 12.3. The second kappa shape index (κ2) is 7.40. The average molecular weight is 304 g/mol. The first-order chi connectivity index (χ1) is 10.5. The Kier molecular flexibility index (Phi) is 5.55. The molecule has 1 aromatic rings. The van der Waals surface area contributed by atoms with E-state index in [0.717, 1.165) is 6.42 Å². The van der Waals surface area contributed by atoms with Crippen LogP contribution in [0.2, 0.25) is 0 Å². The van der Waals surface area contributed by atoms with Gasteiger partial charge in [0, 0.05) is 13.0 Å². The van der Waals surface area contributed by atoms with Gasteiger partial charge in [-0.05, 0) is 18.1 Å². The van der Waals surface area contributed by atoms with E-state index in [1.54, 1.807) is 29.2 Å². The van der Waals surface area contributed by atoms with Gasteiger partial charge < -0.3 is 15.4 Å². The summed E-state index contributed by atoms with van der Waals surface area (Å²) in [5.74, 6) is -0.239. The van der Waals surface area contributed by atoms with Gasteiger partial charge in [0.25, 0.3) is 0 Å². The van der Waals surface area contributed by atoms with Gasteiger partial charge in [-0.1, -0.05) is 38.5 Å². The zero-order chi connectivity index (χ0) is 16.1. The van der Waals surface area contributed by atoms with Crippen LogP contribution < -0.4 is 5.73 Å². The Labute approximate surface area is 131 Å². The minimum absolute atomic E-state index is 0.0485. The van der Waals surface area contributed by atoms with Gasteiger partial charge in [-0.2, -0.15) is 0 Å². The zero-order valence-electron chi connectivity index (χ0n) is 13.2. The second-order valence-corrected chi connectivity index (χ2v) is 5.88. The normalized spacial score (nSPS) is 20.5. The summed E-state index contributed by atoms with van der Waals surface area (Å²) >= 11 is 0. The van der Waals surface area contributed by atoms with Gasteiger partial charge in [-0.15, -0.1) is 0 Å². The molecule has 1 unspecified atom stereocenters. The van der Waals surface area contributed by atoms with E-state index in [1.165, 1.54) is 0 Å². The van der Waals surface area contributed by atoms with E-state index in [0.29, 0.717) is 25.1 Å². The van der Waals surface area contributed by atoms with E-state index < -0.39 is 6.04 Å². The van der Waals surface area contributed by atoms with E-state index in [4.69, 9.17) is 10.5 Å². The molecular formula is C17H24N2O3. The van der Waals surface area contributed by atoms with Crippen LogP contribution in [0.4, 0.5) is 0 Å². The lowest BCUT2D eigenvalue weighted by molar-refractivity contribution is -0.133. The number of carbonyl (C=O) groups is 2. The topological polar surface area (TPSA) is 72.6 Å². The van der Waals surface area contributed by atoms with Crippen molar-refractivity contribution in [3.8, 4) is 0 Å². The highest BCUT2D eigenvalue weighted by Gasteiger charge is 2.32.